The van der Waals surface area contributed by atoms with Crippen LogP contribution in [0.3, 0.4) is 0 Å². The van der Waals surface area contributed by atoms with Gasteiger partial charge in [0.15, 0.2) is 0 Å². The van der Waals surface area contributed by atoms with Crippen LogP contribution in [0.1, 0.15) is 48.9 Å². The molecule has 1 saturated carbocycles. The Labute approximate surface area is 158 Å². The maximum atomic E-state index is 13.8. The molecule has 0 aromatic heterocycles. The number of hydrogen-bond acceptors (Lipinski definition) is 3. The van der Waals surface area contributed by atoms with E-state index in [9.17, 15) is 18.4 Å². The van der Waals surface area contributed by atoms with Crippen LogP contribution < -0.4 is 5.73 Å². The predicted octanol–water partition coefficient (Wildman–Crippen LogP) is 2.55. The number of nitrogens with zero attached hydrogens (tertiary/aromatic N) is 2. The zero-order valence-corrected chi connectivity index (χ0v) is 15.6. The van der Waals surface area contributed by atoms with Crippen molar-refractivity contribution in [2.24, 2.45) is 11.1 Å². The first-order valence-corrected chi connectivity index (χ1v) is 9.67. The molecule has 3 rings (SSSR count). The lowest BCUT2D eigenvalue weighted by Crippen LogP contribution is -2.52. The Balaban J connectivity index is 1.58. The van der Waals surface area contributed by atoms with Gasteiger partial charge in [-0.2, -0.15) is 0 Å². The van der Waals surface area contributed by atoms with Crippen LogP contribution in [-0.2, 0) is 4.79 Å². The number of halogens is 2. The molecule has 1 aromatic rings. The van der Waals surface area contributed by atoms with Crippen LogP contribution in [0.15, 0.2) is 18.2 Å². The SMILES string of the molecule is NCC1(CC(=O)N2CCN(C(=O)c3c(F)cccc3F)CC2)CCCCC1. The average Bonchev–Trinajstić information content (AvgIpc) is 2.68. The highest BCUT2D eigenvalue weighted by molar-refractivity contribution is 5.95. The lowest BCUT2D eigenvalue weighted by molar-refractivity contribution is -0.135. The van der Waals surface area contributed by atoms with Crippen molar-refractivity contribution in [3.63, 3.8) is 0 Å². The zero-order valence-electron chi connectivity index (χ0n) is 15.6. The Morgan fingerprint density at radius 1 is 0.963 bits per heavy atom. The summed E-state index contributed by atoms with van der Waals surface area (Å²) in [4.78, 5) is 28.3. The molecule has 0 bridgehead atoms. The average molecular weight is 379 g/mol. The van der Waals surface area contributed by atoms with Gasteiger partial charge in [0.2, 0.25) is 5.91 Å². The largest absolute Gasteiger partial charge is 0.339 e. The fourth-order valence-corrected chi connectivity index (χ4v) is 4.21. The van der Waals surface area contributed by atoms with Crippen LogP contribution in [0.2, 0.25) is 0 Å². The Morgan fingerprint density at radius 2 is 1.52 bits per heavy atom. The van der Waals surface area contributed by atoms with Gasteiger partial charge < -0.3 is 15.5 Å². The van der Waals surface area contributed by atoms with E-state index in [1.165, 1.54) is 17.4 Å². The van der Waals surface area contributed by atoms with Gasteiger partial charge in [-0.15, -0.1) is 0 Å². The van der Waals surface area contributed by atoms with E-state index < -0.39 is 23.1 Å². The highest BCUT2D eigenvalue weighted by atomic mass is 19.1. The van der Waals surface area contributed by atoms with Crippen LogP contribution in [0.5, 0.6) is 0 Å². The number of amides is 2. The van der Waals surface area contributed by atoms with Crippen molar-refractivity contribution in [2.75, 3.05) is 32.7 Å². The van der Waals surface area contributed by atoms with E-state index >= 15 is 0 Å². The van der Waals surface area contributed by atoms with Gasteiger partial charge in [0, 0.05) is 32.6 Å². The fraction of sp³-hybridized carbons (Fsp3) is 0.600. The summed E-state index contributed by atoms with van der Waals surface area (Å²) in [5.74, 6) is -2.32. The van der Waals surface area contributed by atoms with Gasteiger partial charge in [0.25, 0.3) is 5.91 Å². The second kappa shape index (κ2) is 8.33. The van der Waals surface area contributed by atoms with E-state index in [2.05, 4.69) is 0 Å². The van der Waals surface area contributed by atoms with Crippen molar-refractivity contribution in [3.8, 4) is 0 Å². The summed E-state index contributed by atoms with van der Waals surface area (Å²) in [5, 5.41) is 0. The fourth-order valence-electron chi connectivity index (χ4n) is 4.21. The number of nitrogens with two attached hydrogens (primary N) is 1. The molecule has 1 heterocycles. The predicted molar refractivity (Wildman–Crippen MR) is 98.0 cm³/mol. The lowest BCUT2D eigenvalue weighted by atomic mass is 9.71. The summed E-state index contributed by atoms with van der Waals surface area (Å²) in [6.07, 6.45) is 5.84. The van der Waals surface area contributed by atoms with Gasteiger partial charge in [0.05, 0.1) is 0 Å². The molecule has 2 amide bonds. The van der Waals surface area contributed by atoms with Gasteiger partial charge in [-0.25, -0.2) is 8.78 Å². The molecule has 0 unspecified atom stereocenters. The second-order valence-electron chi connectivity index (χ2n) is 7.71. The van der Waals surface area contributed by atoms with Crippen LogP contribution in [0.4, 0.5) is 8.78 Å². The van der Waals surface area contributed by atoms with Gasteiger partial charge in [-0.05, 0) is 36.9 Å². The number of piperazine rings is 1. The van der Waals surface area contributed by atoms with E-state index in [0.717, 1.165) is 37.8 Å². The third kappa shape index (κ3) is 4.29. The molecule has 2 fully saturated rings. The smallest absolute Gasteiger partial charge is 0.259 e. The first kappa shape index (κ1) is 19.7. The van der Waals surface area contributed by atoms with E-state index in [0.29, 0.717) is 26.1 Å². The quantitative estimate of drug-likeness (QED) is 0.874. The molecule has 0 spiro atoms. The summed E-state index contributed by atoms with van der Waals surface area (Å²) in [6, 6.07) is 3.38. The Morgan fingerprint density at radius 3 is 2.07 bits per heavy atom. The summed E-state index contributed by atoms with van der Waals surface area (Å²) >= 11 is 0. The topological polar surface area (TPSA) is 66.6 Å². The number of rotatable bonds is 4. The molecule has 5 nitrogen and oxygen atoms in total. The van der Waals surface area contributed by atoms with Crippen molar-refractivity contribution in [1.29, 1.82) is 0 Å². The molecule has 148 valence electrons. The molecular formula is C20H27F2N3O2. The summed E-state index contributed by atoms with van der Waals surface area (Å²) in [5.41, 5.74) is 5.35. The normalized spacial score (nSPS) is 19.8. The monoisotopic (exact) mass is 379 g/mol. The molecule has 27 heavy (non-hydrogen) atoms. The van der Waals surface area contributed by atoms with Crippen LogP contribution in [0, 0.1) is 17.0 Å². The molecular weight excluding hydrogens is 352 g/mol. The van der Waals surface area contributed by atoms with E-state index in [-0.39, 0.29) is 24.4 Å². The van der Waals surface area contributed by atoms with Gasteiger partial charge in [-0.3, -0.25) is 9.59 Å². The minimum atomic E-state index is -0.860. The first-order valence-electron chi connectivity index (χ1n) is 9.67. The first-order chi connectivity index (χ1) is 13.0. The Hall–Kier alpha value is -2.02. The van der Waals surface area contributed by atoms with Crippen molar-refractivity contribution in [1.82, 2.24) is 9.80 Å². The van der Waals surface area contributed by atoms with E-state index in [1.807, 2.05) is 0 Å². The third-order valence-electron chi connectivity index (χ3n) is 5.97. The molecule has 1 aliphatic carbocycles. The highest BCUT2D eigenvalue weighted by Gasteiger charge is 2.35. The van der Waals surface area contributed by atoms with E-state index in [4.69, 9.17) is 5.73 Å². The molecule has 1 aromatic carbocycles. The van der Waals surface area contributed by atoms with Gasteiger partial charge in [0.1, 0.15) is 17.2 Å². The molecule has 0 atom stereocenters. The number of carbonyl (C=O) groups excluding carboxylic acids is 2. The molecule has 2 aliphatic rings. The summed E-state index contributed by atoms with van der Waals surface area (Å²) < 4.78 is 27.7. The van der Waals surface area contributed by atoms with Gasteiger partial charge >= 0.3 is 0 Å². The Kier molecular flexibility index (Phi) is 6.09. The van der Waals surface area contributed by atoms with Crippen LogP contribution in [0.25, 0.3) is 0 Å². The Bertz CT molecular complexity index is 676. The highest BCUT2D eigenvalue weighted by Crippen LogP contribution is 2.38. The van der Waals surface area contributed by atoms with Crippen molar-refractivity contribution in [2.45, 2.75) is 38.5 Å². The number of hydrogen-bond donors (Lipinski definition) is 1. The molecule has 1 aliphatic heterocycles. The van der Waals surface area contributed by atoms with Crippen molar-refractivity contribution >= 4 is 11.8 Å². The standard InChI is InChI=1S/C20H27F2N3O2/c21-15-5-4-6-16(22)18(15)19(27)25-11-9-24(10-12-25)17(26)13-20(14-23)7-2-1-3-8-20/h4-6H,1-3,7-14,23H2. The van der Waals surface area contributed by atoms with Crippen molar-refractivity contribution < 1.29 is 18.4 Å². The lowest BCUT2D eigenvalue weighted by Gasteiger charge is -2.39. The molecule has 7 heteroatoms. The number of benzene rings is 1. The minimum absolute atomic E-state index is 0.0616. The third-order valence-corrected chi connectivity index (χ3v) is 5.97. The van der Waals surface area contributed by atoms with Crippen molar-refractivity contribution in [3.05, 3.63) is 35.4 Å². The summed E-state index contributed by atoms with van der Waals surface area (Å²) in [7, 11) is 0. The van der Waals surface area contributed by atoms with Crippen LogP contribution in [-0.4, -0.2) is 54.3 Å². The van der Waals surface area contributed by atoms with Gasteiger partial charge in [-0.1, -0.05) is 25.3 Å². The number of carbonyl (C=O) groups is 2. The minimum Gasteiger partial charge on any atom is -0.339 e. The van der Waals surface area contributed by atoms with E-state index in [1.54, 1.807) is 4.90 Å². The second-order valence-corrected chi connectivity index (χ2v) is 7.71. The van der Waals surface area contributed by atoms with Crippen LogP contribution >= 0.6 is 0 Å². The molecule has 1 saturated heterocycles. The zero-order chi connectivity index (χ0) is 19.4. The maximum Gasteiger partial charge on any atom is 0.259 e. The molecule has 0 radical (unpaired) electrons. The maximum absolute atomic E-state index is 13.8. The molecule has 2 N–H and O–H groups in total. The summed E-state index contributed by atoms with van der Waals surface area (Å²) in [6.45, 7) is 1.81.